The summed E-state index contributed by atoms with van der Waals surface area (Å²) in [5.74, 6) is -0.747. The fourth-order valence-corrected chi connectivity index (χ4v) is 4.79. The largest absolute Gasteiger partial charge is 0.478 e. The van der Waals surface area contributed by atoms with Gasteiger partial charge in [-0.05, 0) is 57.0 Å². The van der Waals surface area contributed by atoms with Gasteiger partial charge in [0.05, 0.1) is 4.90 Å². The molecular formula is C25H34N2O5S. The van der Waals surface area contributed by atoms with Crippen molar-refractivity contribution < 1.29 is 23.1 Å². The zero-order valence-corrected chi connectivity index (χ0v) is 20.6. The van der Waals surface area contributed by atoms with Crippen molar-refractivity contribution >= 4 is 16.0 Å². The first-order chi connectivity index (χ1) is 15.5. The summed E-state index contributed by atoms with van der Waals surface area (Å²) in [5, 5.41) is 9.25. The van der Waals surface area contributed by atoms with Gasteiger partial charge in [-0.2, -0.15) is 4.31 Å². The maximum Gasteiger partial charge on any atom is 0.347 e. The summed E-state index contributed by atoms with van der Waals surface area (Å²) in [6.45, 7) is 13.1. The molecule has 0 saturated carbocycles. The van der Waals surface area contributed by atoms with Crippen molar-refractivity contribution in [2.45, 2.75) is 38.2 Å². The second kappa shape index (κ2) is 11.4. The molecule has 1 saturated heterocycles. The van der Waals surface area contributed by atoms with Gasteiger partial charge in [0.1, 0.15) is 5.75 Å². The van der Waals surface area contributed by atoms with Crippen molar-refractivity contribution in [2.75, 3.05) is 32.7 Å². The Morgan fingerprint density at radius 1 is 1.21 bits per heavy atom. The van der Waals surface area contributed by atoms with Crippen LogP contribution >= 0.6 is 0 Å². The number of carbonyl (C=O) groups is 1. The number of rotatable bonds is 10. The number of sulfonamides is 1. The average Bonchev–Trinajstić information content (AvgIpc) is 2.77. The van der Waals surface area contributed by atoms with Crippen molar-refractivity contribution in [1.82, 2.24) is 9.21 Å². The van der Waals surface area contributed by atoms with E-state index in [1.165, 1.54) is 36.4 Å². The number of hydrogen-bond acceptors (Lipinski definition) is 5. The van der Waals surface area contributed by atoms with E-state index in [0.29, 0.717) is 37.5 Å². The lowest BCUT2D eigenvalue weighted by Gasteiger charge is -2.33. The monoisotopic (exact) mass is 474 g/mol. The van der Waals surface area contributed by atoms with Crippen LogP contribution in [-0.2, 0) is 14.8 Å². The third-order valence-electron chi connectivity index (χ3n) is 5.43. The molecule has 0 unspecified atom stereocenters. The molecule has 0 amide bonds. The molecule has 0 aliphatic carbocycles. The van der Waals surface area contributed by atoms with Crippen LogP contribution in [0.15, 0.2) is 71.7 Å². The van der Waals surface area contributed by atoms with E-state index < -0.39 is 21.6 Å². The molecule has 0 aromatic heterocycles. The van der Waals surface area contributed by atoms with E-state index >= 15 is 0 Å². The number of allylic oxidation sites excluding steroid dienone is 6. The van der Waals surface area contributed by atoms with Gasteiger partial charge in [-0.3, -0.25) is 4.90 Å². The Balaban J connectivity index is 2.01. The number of carboxylic acids is 1. The van der Waals surface area contributed by atoms with E-state index in [-0.39, 0.29) is 4.90 Å². The number of hydrogen-bond donors (Lipinski definition) is 1. The first-order valence-electron chi connectivity index (χ1n) is 10.9. The lowest BCUT2D eigenvalue weighted by molar-refractivity contribution is -0.152. The van der Waals surface area contributed by atoms with Gasteiger partial charge >= 0.3 is 5.97 Å². The fraction of sp³-hybridized carbons (Fsp3) is 0.400. The summed E-state index contributed by atoms with van der Waals surface area (Å²) in [7, 11) is -3.64. The van der Waals surface area contributed by atoms with Gasteiger partial charge in [0, 0.05) is 32.7 Å². The van der Waals surface area contributed by atoms with Gasteiger partial charge in [0.25, 0.3) is 0 Å². The van der Waals surface area contributed by atoms with Gasteiger partial charge in [0.15, 0.2) is 5.60 Å². The standard InChI is InChI=1S/C25H34N2O5S/c1-6-8-10-21(7-2)11-9-14-26-15-17-27(18-16-26)33(30,31)22-12-13-23(20(3)19-22)32-25(4,5)24(28)29/h6-13,19H,1,14-18H2,2-5H3,(H,28,29)/b10-8-,11-9+,21-7+. The lowest BCUT2D eigenvalue weighted by Crippen LogP contribution is -2.48. The van der Waals surface area contributed by atoms with Gasteiger partial charge in [-0.15, -0.1) is 0 Å². The molecule has 0 spiro atoms. The van der Waals surface area contributed by atoms with E-state index in [9.17, 15) is 18.3 Å². The highest BCUT2D eigenvalue weighted by Gasteiger charge is 2.31. The van der Waals surface area contributed by atoms with Crippen LogP contribution < -0.4 is 4.74 Å². The van der Waals surface area contributed by atoms with Crippen LogP contribution in [0, 0.1) is 6.92 Å². The van der Waals surface area contributed by atoms with Crippen LogP contribution in [0.1, 0.15) is 26.3 Å². The molecule has 1 aromatic rings. The average molecular weight is 475 g/mol. The van der Waals surface area contributed by atoms with Crippen LogP contribution in [-0.4, -0.2) is 67.0 Å². The normalized spacial score (nSPS) is 17.0. The Labute approximate surface area is 197 Å². The first-order valence-corrected chi connectivity index (χ1v) is 12.3. The predicted octanol–water partition coefficient (Wildman–Crippen LogP) is 3.79. The van der Waals surface area contributed by atoms with Crippen molar-refractivity contribution in [1.29, 1.82) is 0 Å². The molecule has 0 radical (unpaired) electrons. The summed E-state index contributed by atoms with van der Waals surface area (Å²) in [6.07, 6.45) is 11.7. The predicted molar refractivity (Wildman–Crippen MR) is 131 cm³/mol. The molecule has 8 heteroatoms. The molecule has 0 bridgehead atoms. The minimum absolute atomic E-state index is 0.181. The van der Waals surface area contributed by atoms with Crippen LogP contribution in [0.4, 0.5) is 0 Å². The van der Waals surface area contributed by atoms with Crippen LogP contribution in [0.3, 0.4) is 0 Å². The number of piperazine rings is 1. The lowest BCUT2D eigenvalue weighted by atomic mass is 10.1. The molecule has 0 atom stereocenters. The number of ether oxygens (including phenoxy) is 1. The number of aliphatic carboxylic acids is 1. The maximum absolute atomic E-state index is 13.1. The van der Waals surface area contributed by atoms with E-state index in [2.05, 4.69) is 17.6 Å². The molecule has 1 N–H and O–H groups in total. The Hall–Kier alpha value is -2.68. The number of aryl methyl sites for hydroxylation is 1. The Morgan fingerprint density at radius 3 is 2.42 bits per heavy atom. The molecule has 1 aromatic carbocycles. The zero-order valence-electron chi connectivity index (χ0n) is 19.8. The second-order valence-electron chi connectivity index (χ2n) is 8.34. The third-order valence-corrected chi connectivity index (χ3v) is 7.32. The second-order valence-corrected chi connectivity index (χ2v) is 10.3. The zero-order chi connectivity index (χ0) is 24.6. The highest BCUT2D eigenvalue weighted by Crippen LogP contribution is 2.27. The summed E-state index contributed by atoms with van der Waals surface area (Å²) in [6, 6.07) is 4.53. The maximum atomic E-state index is 13.1. The van der Waals surface area contributed by atoms with E-state index in [1.807, 2.05) is 31.2 Å². The van der Waals surface area contributed by atoms with Crippen molar-refractivity contribution in [3.63, 3.8) is 0 Å². The Bertz CT molecular complexity index is 1050. The molecule has 7 nitrogen and oxygen atoms in total. The molecule has 1 heterocycles. The Morgan fingerprint density at radius 2 is 1.88 bits per heavy atom. The van der Waals surface area contributed by atoms with E-state index in [4.69, 9.17) is 4.74 Å². The first kappa shape index (κ1) is 26.6. The molecule has 1 aliphatic rings. The van der Waals surface area contributed by atoms with E-state index in [1.54, 1.807) is 13.0 Å². The summed E-state index contributed by atoms with van der Waals surface area (Å²) in [5.41, 5.74) is 0.246. The van der Waals surface area contributed by atoms with Crippen LogP contribution in [0.25, 0.3) is 0 Å². The topological polar surface area (TPSA) is 87.2 Å². The van der Waals surface area contributed by atoms with E-state index in [0.717, 1.165) is 12.1 Å². The molecule has 1 fully saturated rings. The highest BCUT2D eigenvalue weighted by atomic mass is 32.2. The summed E-state index contributed by atoms with van der Waals surface area (Å²) >= 11 is 0. The number of nitrogens with zero attached hydrogens (tertiary/aromatic N) is 2. The molecule has 180 valence electrons. The minimum Gasteiger partial charge on any atom is -0.478 e. The summed E-state index contributed by atoms with van der Waals surface area (Å²) < 4.78 is 33.3. The number of carboxylic acid groups (broad SMARTS) is 1. The quantitative estimate of drug-likeness (QED) is 0.519. The number of benzene rings is 1. The van der Waals surface area contributed by atoms with Crippen molar-refractivity contribution in [3.05, 3.63) is 72.4 Å². The molecule has 33 heavy (non-hydrogen) atoms. The van der Waals surface area contributed by atoms with Gasteiger partial charge in [-0.25, -0.2) is 13.2 Å². The molecule has 1 aliphatic heterocycles. The van der Waals surface area contributed by atoms with Crippen LogP contribution in [0.2, 0.25) is 0 Å². The highest BCUT2D eigenvalue weighted by molar-refractivity contribution is 7.89. The fourth-order valence-electron chi connectivity index (χ4n) is 3.28. The molecular weight excluding hydrogens is 440 g/mol. The van der Waals surface area contributed by atoms with Crippen LogP contribution in [0.5, 0.6) is 5.75 Å². The SMILES string of the molecule is C=C\C=C/C(/C=C/CN1CCN(S(=O)(=O)c2ccc(OC(C)(C)C(=O)O)c(C)c2)CC1)=C\C. The van der Waals surface area contributed by atoms with Gasteiger partial charge in [-0.1, -0.05) is 43.0 Å². The van der Waals surface area contributed by atoms with Crippen molar-refractivity contribution in [2.24, 2.45) is 0 Å². The van der Waals surface area contributed by atoms with Gasteiger partial charge < -0.3 is 9.84 Å². The minimum atomic E-state index is -3.64. The van der Waals surface area contributed by atoms with Gasteiger partial charge in [0.2, 0.25) is 10.0 Å². The third kappa shape index (κ3) is 7.15. The molecule has 2 rings (SSSR count). The van der Waals surface area contributed by atoms with Crippen molar-refractivity contribution in [3.8, 4) is 5.75 Å². The summed E-state index contributed by atoms with van der Waals surface area (Å²) in [4.78, 5) is 13.7. The Kier molecular flexibility index (Phi) is 9.22. The smallest absolute Gasteiger partial charge is 0.347 e.